The Morgan fingerprint density at radius 3 is 2.48 bits per heavy atom. The minimum atomic E-state index is -2.97. The average molecular weight is 327 g/mol. The van der Waals surface area contributed by atoms with Gasteiger partial charge in [-0.1, -0.05) is 25.3 Å². The maximum absolute atomic E-state index is 12.8. The van der Waals surface area contributed by atoms with Crippen molar-refractivity contribution in [3.8, 4) is 0 Å². The van der Waals surface area contributed by atoms with Gasteiger partial charge in [0, 0.05) is 12.1 Å². The van der Waals surface area contributed by atoms with Crippen LogP contribution in [-0.2, 0) is 9.84 Å². The lowest BCUT2D eigenvalue weighted by molar-refractivity contribution is 0.0547. The number of carbonyl (C=O) groups excluding carboxylic acids is 1. The summed E-state index contributed by atoms with van der Waals surface area (Å²) in [7, 11) is -2.97. The lowest BCUT2D eigenvalue weighted by Crippen LogP contribution is -2.48. The van der Waals surface area contributed by atoms with E-state index in [2.05, 4.69) is 0 Å². The van der Waals surface area contributed by atoms with Crippen LogP contribution in [0.25, 0.3) is 0 Å². The number of rotatable bonds is 3. The standard InChI is InChI=1S/C15H21NO3S2/c17-15(14-7-4-9-20-14)16(12-5-2-1-3-6-12)13-8-10-21(18,19)11-13/h4,7,9,12-13H,1-3,5-6,8,10-11H2/t13-/m0/s1. The average Bonchev–Trinajstić information content (AvgIpc) is 3.10. The maximum atomic E-state index is 12.8. The molecule has 2 fully saturated rings. The van der Waals surface area contributed by atoms with Crippen molar-refractivity contribution in [3.63, 3.8) is 0 Å². The van der Waals surface area contributed by atoms with Gasteiger partial charge in [-0.3, -0.25) is 4.79 Å². The summed E-state index contributed by atoms with van der Waals surface area (Å²) in [6.07, 6.45) is 6.11. The largest absolute Gasteiger partial charge is 0.331 e. The quantitative estimate of drug-likeness (QED) is 0.858. The van der Waals surface area contributed by atoms with Crippen molar-refractivity contribution in [1.29, 1.82) is 0 Å². The summed E-state index contributed by atoms with van der Waals surface area (Å²) in [5.74, 6) is 0.387. The Kier molecular flexibility index (Phi) is 4.36. The topological polar surface area (TPSA) is 54.5 Å². The number of sulfone groups is 1. The molecule has 0 aromatic carbocycles. The summed E-state index contributed by atoms with van der Waals surface area (Å²) in [6, 6.07) is 3.80. The highest BCUT2D eigenvalue weighted by Gasteiger charge is 2.39. The maximum Gasteiger partial charge on any atom is 0.264 e. The molecule has 1 aromatic heterocycles. The normalized spacial score (nSPS) is 25.8. The zero-order valence-corrected chi connectivity index (χ0v) is 13.7. The molecule has 0 unspecified atom stereocenters. The van der Waals surface area contributed by atoms with Crippen LogP contribution in [0.3, 0.4) is 0 Å². The molecule has 1 aliphatic carbocycles. The molecule has 2 aliphatic rings. The third-order valence-electron chi connectivity index (χ3n) is 4.54. The van der Waals surface area contributed by atoms with E-state index in [4.69, 9.17) is 0 Å². The Morgan fingerprint density at radius 2 is 1.90 bits per heavy atom. The first-order chi connectivity index (χ1) is 10.1. The van der Waals surface area contributed by atoms with E-state index in [1.54, 1.807) is 0 Å². The highest BCUT2D eigenvalue weighted by Crippen LogP contribution is 2.30. The number of nitrogens with zero attached hydrogens (tertiary/aromatic N) is 1. The molecule has 0 bridgehead atoms. The third-order valence-corrected chi connectivity index (χ3v) is 7.14. The van der Waals surface area contributed by atoms with Gasteiger partial charge < -0.3 is 4.90 Å². The van der Waals surface area contributed by atoms with E-state index in [1.807, 2.05) is 22.4 Å². The minimum absolute atomic E-state index is 0.0269. The SMILES string of the molecule is O=C(c1cccs1)N(C1CCCCC1)[C@H]1CCS(=O)(=O)C1. The zero-order chi connectivity index (χ0) is 14.9. The van der Waals surface area contributed by atoms with Crippen LogP contribution < -0.4 is 0 Å². The fourth-order valence-corrected chi connectivity index (χ4v) is 5.89. The monoisotopic (exact) mass is 327 g/mol. The van der Waals surface area contributed by atoms with E-state index in [0.717, 1.165) is 30.6 Å². The van der Waals surface area contributed by atoms with Crippen molar-refractivity contribution in [2.45, 2.75) is 50.6 Å². The van der Waals surface area contributed by atoms with Crippen molar-refractivity contribution in [3.05, 3.63) is 22.4 Å². The van der Waals surface area contributed by atoms with Gasteiger partial charge >= 0.3 is 0 Å². The number of thiophene rings is 1. The Hall–Kier alpha value is -0.880. The first kappa shape index (κ1) is 15.0. The van der Waals surface area contributed by atoms with Crippen molar-refractivity contribution in [1.82, 2.24) is 4.90 Å². The summed E-state index contributed by atoms with van der Waals surface area (Å²) < 4.78 is 23.6. The molecule has 6 heteroatoms. The molecule has 1 aliphatic heterocycles. The zero-order valence-electron chi connectivity index (χ0n) is 12.0. The predicted molar refractivity (Wildman–Crippen MR) is 84.4 cm³/mol. The van der Waals surface area contributed by atoms with Crippen molar-refractivity contribution in [2.75, 3.05) is 11.5 Å². The molecule has 2 heterocycles. The fraction of sp³-hybridized carbons (Fsp3) is 0.667. The minimum Gasteiger partial charge on any atom is -0.331 e. The number of amides is 1. The summed E-state index contributed by atoms with van der Waals surface area (Å²) >= 11 is 1.44. The predicted octanol–water partition coefficient (Wildman–Crippen LogP) is 2.71. The van der Waals surface area contributed by atoms with Crippen LogP contribution in [0.1, 0.15) is 48.2 Å². The van der Waals surface area contributed by atoms with Gasteiger partial charge in [-0.2, -0.15) is 0 Å². The van der Waals surface area contributed by atoms with Crippen molar-refractivity contribution >= 4 is 27.1 Å². The highest BCUT2D eigenvalue weighted by atomic mass is 32.2. The molecule has 3 rings (SSSR count). The van der Waals surface area contributed by atoms with Crippen LogP contribution in [0.5, 0.6) is 0 Å². The molecule has 1 amide bonds. The molecule has 1 saturated carbocycles. The lowest BCUT2D eigenvalue weighted by atomic mass is 9.92. The first-order valence-corrected chi connectivity index (χ1v) is 10.3. The number of hydrogen-bond donors (Lipinski definition) is 0. The van der Waals surface area contributed by atoms with Crippen LogP contribution in [0, 0.1) is 0 Å². The Bertz CT molecular complexity index is 588. The Morgan fingerprint density at radius 1 is 1.14 bits per heavy atom. The molecule has 21 heavy (non-hydrogen) atoms. The van der Waals surface area contributed by atoms with Gasteiger partial charge in [0.2, 0.25) is 0 Å². The Balaban J connectivity index is 1.85. The van der Waals surface area contributed by atoms with Crippen LogP contribution in [0.4, 0.5) is 0 Å². The Labute approximate surface area is 130 Å². The van der Waals surface area contributed by atoms with Crippen LogP contribution in [0.15, 0.2) is 17.5 Å². The van der Waals surface area contributed by atoms with Gasteiger partial charge in [0.15, 0.2) is 9.84 Å². The summed E-state index contributed by atoms with van der Waals surface area (Å²) in [6.45, 7) is 0. The van der Waals surface area contributed by atoms with Gasteiger partial charge in [0.05, 0.1) is 16.4 Å². The molecular formula is C15H21NO3S2. The van der Waals surface area contributed by atoms with Gasteiger partial charge in [-0.05, 0) is 30.7 Å². The fourth-order valence-electron chi connectivity index (χ4n) is 3.51. The second-order valence-electron chi connectivity index (χ2n) is 6.04. The lowest BCUT2D eigenvalue weighted by Gasteiger charge is -2.38. The summed E-state index contributed by atoms with van der Waals surface area (Å²) in [5.41, 5.74) is 0. The van der Waals surface area contributed by atoms with E-state index in [9.17, 15) is 13.2 Å². The van der Waals surface area contributed by atoms with Crippen LogP contribution in [-0.4, -0.2) is 42.8 Å². The van der Waals surface area contributed by atoms with E-state index in [0.29, 0.717) is 6.42 Å². The highest BCUT2D eigenvalue weighted by molar-refractivity contribution is 7.91. The second-order valence-corrected chi connectivity index (χ2v) is 9.21. The molecule has 0 radical (unpaired) electrons. The molecule has 116 valence electrons. The van der Waals surface area contributed by atoms with Crippen molar-refractivity contribution < 1.29 is 13.2 Å². The van der Waals surface area contributed by atoms with E-state index in [-0.39, 0.29) is 29.5 Å². The van der Waals surface area contributed by atoms with Crippen LogP contribution >= 0.6 is 11.3 Å². The molecule has 1 atom stereocenters. The van der Waals surface area contributed by atoms with E-state index < -0.39 is 9.84 Å². The number of carbonyl (C=O) groups is 1. The molecular weight excluding hydrogens is 306 g/mol. The van der Waals surface area contributed by atoms with Gasteiger partial charge in [-0.25, -0.2) is 8.42 Å². The van der Waals surface area contributed by atoms with Gasteiger partial charge in [-0.15, -0.1) is 11.3 Å². The molecule has 0 N–H and O–H groups in total. The molecule has 1 aromatic rings. The van der Waals surface area contributed by atoms with Crippen LogP contribution in [0.2, 0.25) is 0 Å². The molecule has 4 nitrogen and oxygen atoms in total. The molecule has 1 saturated heterocycles. The van der Waals surface area contributed by atoms with Gasteiger partial charge in [0.1, 0.15) is 0 Å². The number of hydrogen-bond acceptors (Lipinski definition) is 4. The van der Waals surface area contributed by atoms with Crippen molar-refractivity contribution in [2.24, 2.45) is 0 Å². The first-order valence-electron chi connectivity index (χ1n) is 7.63. The molecule has 0 spiro atoms. The van der Waals surface area contributed by atoms with Gasteiger partial charge in [0.25, 0.3) is 5.91 Å². The van der Waals surface area contributed by atoms with E-state index >= 15 is 0 Å². The second kappa shape index (κ2) is 6.08. The summed E-state index contributed by atoms with van der Waals surface area (Å²) in [5, 5.41) is 1.90. The third kappa shape index (κ3) is 3.31. The van der Waals surface area contributed by atoms with E-state index in [1.165, 1.54) is 17.8 Å². The summed E-state index contributed by atoms with van der Waals surface area (Å²) in [4.78, 5) is 15.5. The smallest absolute Gasteiger partial charge is 0.264 e.